The first-order valence-corrected chi connectivity index (χ1v) is 12.2. The molecule has 0 saturated carbocycles. The average molecular weight is 524 g/mol. The number of hydrogen-bond acceptors (Lipinski definition) is 7. The predicted molar refractivity (Wildman–Crippen MR) is 135 cm³/mol. The van der Waals surface area contributed by atoms with Crippen molar-refractivity contribution in [2.24, 2.45) is 0 Å². The maximum absolute atomic E-state index is 13.4. The second-order valence-electron chi connectivity index (χ2n) is 8.53. The summed E-state index contributed by atoms with van der Waals surface area (Å²) >= 11 is 0. The molecule has 204 valence electrons. The van der Waals surface area contributed by atoms with Crippen LogP contribution in [-0.4, -0.2) is 55.6 Å². The van der Waals surface area contributed by atoms with E-state index in [2.05, 4.69) is 17.2 Å². The standard InChI is InChI=1S/C26H35F2N3O6/c1-5-6-12-37-24-22(26(34)35-4)31(16-21-30-18(3)10-13-36-21)15-20(23(24)32)25(33)29-11-8-7-9-19(28)14-17(2)27/h7,9,14-15,18,21,30H,2,5-6,8,10-13,16H2,1,3-4H3,(H,29,33)/b9-7-,19-14+/t18-,21-/m1/s1. The van der Waals surface area contributed by atoms with Crippen molar-refractivity contribution in [3.63, 3.8) is 0 Å². The molecule has 0 bridgehead atoms. The Morgan fingerprint density at radius 3 is 2.78 bits per heavy atom. The molecule has 0 unspecified atom stereocenters. The normalized spacial score (nSPS) is 18.0. The number of pyridine rings is 1. The molecule has 37 heavy (non-hydrogen) atoms. The molecule has 2 rings (SSSR count). The fraction of sp³-hybridized carbons (Fsp3) is 0.500. The highest BCUT2D eigenvalue weighted by Crippen LogP contribution is 2.19. The Balaban J connectivity index is 2.34. The van der Waals surface area contributed by atoms with Crippen LogP contribution in [-0.2, 0) is 16.0 Å². The summed E-state index contributed by atoms with van der Waals surface area (Å²) in [5.41, 5.74) is -1.09. The Morgan fingerprint density at radius 2 is 2.14 bits per heavy atom. The first-order chi connectivity index (χ1) is 17.7. The molecule has 1 saturated heterocycles. The van der Waals surface area contributed by atoms with E-state index in [1.165, 1.54) is 23.9 Å². The van der Waals surface area contributed by atoms with Gasteiger partial charge in [-0.1, -0.05) is 26.0 Å². The molecule has 1 aromatic rings. The number of ether oxygens (including phenoxy) is 3. The van der Waals surface area contributed by atoms with Gasteiger partial charge in [0.2, 0.25) is 5.43 Å². The molecule has 1 aromatic heterocycles. The van der Waals surface area contributed by atoms with Crippen LogP contribution in [0.15, 0.2) is 47.5 Å². The van der Waals surface area contributed by atoms with E-state index >= 15 is 0 Å². The first kappa shape index (κ1) is 29.9. The highest BCUT2D eigenvalue weighted by Gasteiger charge is 2.28. The monoisotopic (exact) mass is 523 g/mol. The zero-order valence-corrected chi connectivity index (χ0v) is 21.5. The molecule has 9 nitrogen and oxygen atoms in total. The van der Waals surface area contributed by atoms with Crippen molar-refractivity contribution in [1.82, 2.24) is 15.2 Å². The number of esters is 1. The van der Waals surface area contributed by atoms with E-state index in [1.807, 2.05) is 13.8 Å². The molecule has 0 aliphatic carbocycles. The van der Waals surface area contributed by atoms with Crippen LogP contribution in [0.5, 0.6) is 5.75 Å². The smallest absolute Gasteiger partial charge is 0.358 e. The molecular weight excluding hydrogens is 488 g/mol. The Hall–Kier alpha value is -3.31. The van der Waals surface area contributed by atoms with Crippen molar-refractivity contribution >= 4 is 11.9 Å². The third-order valence-corrected chi connectivity index (χ3v) is 5.48. The first-order valence-electron chi connectivity index (χ1n) is 12.2. The number of methoxy groups -OCH3 is 1. The van der Waals surface area contributed by atoms with Crippen LogP contribution in [0.25, 0.3) is 0 Å². The van der Waals surface area contributed by atoms with E-state index < -0.39 is 35.2 Å². The van der Waals surface area contributed by atoms with Crippen LogP contribution in [0.3, 0.4) is 0 Å². The van der Waals surface area contributed by atoms with Crippen molar-refractivity contribution < 1.29 is 32.6 Å². The van der Waals surface area contributed by atoms with Gasteiger partial charge in [0.15, 0.2) is 11.4 Å². The summed E-state index contributed by atoms with van der Waals surface area (Å²) in [5.74, 6) is -3.47. The maximum atomic E-state index is 13.4. The minimum atomic E-state index is -0.914. The van der Waals surface area contributed by atoms with Gasteiger partial charge in [0.05, 0.1) is 26.9 Å². The van der Waals surface area contributed by atoms with Crippen LogP contribution in [0.1, 0.15) is 60.4 Å². The number of amides is 1. The van der Waals surface area contributed by atoms with Gasteiger partial charge in [0.1, 0.15) is 23.4 Å². The summed E-state index contributed by atoms with van der Waals surface area (Å²) < 4.78 is 43.8. The summed E-state index contributed by atoms with van der Waals surface area (Å²) in [6, 6.07) is 0.179. The number of rotatable bonds is 13. The second kappa shape index (κ2) is 15.1. The fourth-order valence-electron chi connectivity index (χ4n) is 3.58. The molecule has 1 fully saturated rings. The van der Waals surface area contributed by atoms with Crippen molar-refractivity contribution in [1.29, 1.82) is 0 Å². The van der Waals surface area contributed by atoms with Crippen molar-refractivity contribution in [3.8, 4) is 5.75 Å². The largest absolute Gasteiger partial charge is 0.487 e. The topological polar surface area (TPSA) is 108 Å². The SMILES string of the molecule is C=C(F)/C=C(F)\C=C/CCNC(=O)c1cn(C[C@@H]2N[C@H](C)CCO2)c(C(=O)OC)c(OCCCC)c1=O. The van der Waals surface area contributed by atoms with E-state index in [0.29, 0.717) is 19.1 Å². The number of hydrogen-bond donors (Lipinski definition) is 2. The Bertz CT molecular complexity index is 1080. The molecule has 2 atom stereocenters. The zero-order valence-electron chi connectivity index (χ0n) is 21.5. The zero-order chi connectivity index (χ0) is 27.4. The van der Waals surface area contributed by atoms with Gasteiger partial charge in [0, 0.05) is 24.9 Å². The van der Waals surface area contributed by atoms with Gasteiger partial charge in [-0.25, -0.2) is 13.6 Å². The minimum absolute atomic E-state index is 0.0776. The summed E-state index contributed by atoms with van der Waals surface area (Å²) in [7, 11) is 1.19. The quantitative estimate of drug-likeness (QED) is 0.231. The van der Waals surface area contributed by atoms with Crippen molar-refractivity contribution in [2.45, 2.75) is 58.3 Å². The Kier molecular flexibility index (Phi) is 12.2. The summed E-state index contributed by atoms with van der Waals surface area (Å²) in [5, 5.41) is 5.86. The molecule has 1 aliphatic rings. The highest BCUT2D eigenvalue weighted by atomic mass is 19.1. The van der Waals surface area contributed by atoms with Gasteiger partial charge in [-0.15, -0.1) is 0 Å². The number of nitrogens with one attached hydrogen (secondary N) is 2. The minimum Gasteiger partial charge on any atom is -0.487 e. The van der Waals surface area contributed by atoms with Crippen molar-refractivity contribution in [3.05, 3.63) is 64.1 Å². The third kappa shape index (κ3) is 9.25. The lowest BCUT2D eigenvalue weighted by Gasteiger charge is -2.30. The third-order valence-electron chi connectivity index (χ3n) is 5.48. The molecule has 2 heterocycles. The second-order valence-corrected chi connectivity index (χ2v) is 8.53. The lowest BCUT2D eigenvalue weighted by molar-refractivity contribution is -0.0250. The molecule has 0 aromatic carbocycles. The van der Waals surface area contributed by atoms with Crippen LogP contribution < -0.4 is 20.8 Å². The summed E-state index contributed by atoms with van der Waals surface area (Å²) in [6.07, 6.45) is 6.36. The number of carbonyl (C=O) groups is 2. The molecule has 1 aliphatic heterocycles. The summed E-state index contributed by atoms with van der Waals surface area (Å²) in [6.45, 7) is 7.79. The molecule has 11 heteroatoms. The predicted octanol–water partition coefficient (Wildman–Crippen LogP) is 3.55. The van der Waals surface area contributed by atoms with Crippen LogP contribution in [0.2, 0.25) is 0 Å². The molecule has 0 spiro atoms. The molecule has 2 N–H and O–H groups in total. The molecule has 1 amide bonds. The number of halogens is 2. The summed E-state index contributed by atoms with van der Waals surface area (Å²) in [4.78, 5) is 38.9. The fourth-order valence-corrected chi connectivity index (χ4v) is 3.58. The lowest BCUT2D eigenvalue weighted by Crippen LogP contribution is -2.47. The Morgan fingerprint density at radius 1 is 1.38 bits per heavy atom. The van der Waals surface area contributed by atoms with E-state index in [1.54, 1.807) is 0 Å². The van der Waals surface area contributed by atoms with E-state index in [4.69, 9.17) is 14.2 Å². The van der Waals surface area contributed by atoms with Gasteiger partial charge in [-0.2, -0.15) is 0 Å². The average Bonchev–Trinajstić information content (AvgIpc) is 2.84. The van der Waals surface area contributed by atoms with Gasteiger partial charge in [0.25, 0.3) is 5.91 Å². The van der Waals surface area contributed by atoms with E-state index in [0.717, 1.165) is 18.9 Å². The molecule has 0 radical (unpaired) electrons. The number of allylic oxidation sites excluding steroid dienone is 4. The van der Waals surface area contributed by atoms with Crippen LogP contribution in [0, 0.1) is 0 Å². The maximum Gasteiger partial charge on any atom is 0.358 e. The van der Waals surface area contributed by atoms with Gasteiger partial charge < -0.3 is 24.1 Å². The molecular formula is C26H35F2N3O6. The van der Waals surface area contributed by atoms with Crippen LogP contribution in [0.4, 0.5) is 8.78 Å². The van der Waals surface area contributed by atoms with E-state index in [9.17, 15) is 23.2 Å². The van der Waals surface area contributed by atoms with Crippen molar-refractivity contribution in [2.75, 3.05) is 26.9 Å². The van der Waals surface area contributed by atoms with E-state index in [-0.39, 0.29) is 49.2 Å². The number of aromatic nitrogens is 1. The van der Waals surface area contributed by atoms with Gasteiger partial charge in [-0.3, -0.25) is 14.9 Å². The number of nitrogens with zero attached hydrogens (tertiary/aromatic N) is 1. The van der Waals surface area contributed by atoms with Crippen LogP contribution >= 0.6 is 0 Å². The number of carbonyl (C=O) groups excluding carboxylic acids is 2. The number of unbranched alkanes of at least 4 members (excludes halogenated alkanes) is 1. The lowest BCUT2D eigenvalue weighted by atomic mass is 10.1. The van der Waals surface area contributed by atoms with Gasteiger partial charge >= 0.3 is 5.97 Å². The highest BCUT2D eigenvalue weighted by molar-refractivity contribution is 5.96. The van der Waals surface area contributed by atoms with Gasteiger partial charge in [-0.05, 0) is 32.3 Å². The Labute approximate surface area is 215 Å².